The molecular formula is C17H19NO3. The second-order valence-corrected chi connectivity index (χ2v) is 5.57. The van der Waals surface area contributed by atoms with E-state index in [-0.39, 0.29) is 5.60 Å². The second-order valence-electron chi connectivity index (χ2n) is 5.57. The van der Waals surface area contributed by atoms with Crippen molar-refractivity contribution in [1.29, 1.82) is 0 Å². The second kappa shape index (κ2) is 6.31. The Labute approximate surface area is 124 Å². The van der Waals surface area contributed by atoms with Gasteiger partial charge in [0.25, 0.3) is 0 Å². The minimum atomic E-state index is -0.523. The molecule has 0 saturated heterocycles. The zero-order valence-corrected chi connectivity index (χ0v) is 12.4. The summed E-state index contributed by atoms with van der Waals surface area (Å²) in [5.74, 6) is 1.26. The molecule has 0 fully saturated rings. The molecule has 2 aromatic carbocycles. The van der Waals surface area contributed by atoms with Crippen LogP contribution in [0.2, 0.25) is 0 Å². The Morgan fingerprint density at radius 3 is 2.10 bits per heavy atom. The van der Waals surface area contributed by atoms with Gasteiger partial charge in [-0.25, -0.2) is 4.79 Å². The van der Waals surface area contributed by atoms with E-state index < -0.39 is 6.09 Å². The summed E-state index contributed by atoms with van der Waals surface area (Å²) in [5.41, 5.74) is 0.401. The lowest BCUT2D eigenvalue weighted by Gasteiger charge is -2.21. The average molecular weight is 285 g/mol. The van der Waals surface area contributed by atoms with Gasteiger partial charge in [-0.3, -0.25) is 5.32 Å². The van der Waals surface area contributed by atoms with Crippen molar-refractivity contribution >= 4 is 11.8 Å². The highest BCUT2D eigenvalue weighted by Crippen LogP contribution is 2.20. The van der Waals surface area contributed by atoms with Gasteiger partial charge in [-0.1, -0.05) is 18.2 Å². The van der Waals surface area contributed by atoms with Crippen LogP contribution in [0.4, 0.5) is 10.5 Å². The first-order chi connectivity index (χ1) is 9.92. The molecule has 0 spiro atoms. The number of hydrogen-bond acceptors (Lipinski definition) is 3. The Bertz CT molecular complexity index is 586. The van der Waals surface area contributed by atoms with Gasteiger partial charge in [0.1, 0.15) is 17.1 Å². The third kappa shape index (κ3) is 5.18. The molecule has 0 unspecified atom stereocenters. The van der Waals surface area contributed by atoms with E-state index in [0.717, 1.165) is 5.75 Å². The van der Waals surface area contributed by atoms with Gasteiger partial charge in [-0.2, -0.15) is 0 Å². The summed E-state index contributed by atoms with van der Waals surface area (Å²) < 4.78 is 10.9. The van der Waals surface area contributed by atoms with Crippen LogP contribution < -0.4 is 14.8 Å². The van der Waals surface area contributed by atoms with Crippen LogP contribution in [0.25, 0.3) is 0 Å². The molecule has 0 aliphatic rings. The van der Waals surface area contributed by atoms with Crippen molar-refractivity contribution in [1.82, 2.24) is 0 Å². The van der Waals surface area contributed by atoms with Gasteiger partial charge < -0.3 is 9.47 Å². The number of ether oxygens (including phenoxy) is 2. The van der Waals surface area contributed by atoms with Crippen molar-refractivity contribution in [3.8, 4) is 11.5 Å². The van der Waals surface area contributed by atoms with E-state index in [2.05, 4.69) is 5.32 Å². The lowest BCUT2D eigenvalue weighted by atomic mass is 10.2. The number of benzene rings is 2. The minimum absolute atomic E-state index is 0.249. The van der Waals surface area contributed by atoms with Crippen molar-refractivity contribution in [3.05, 3.63) is 54.6 Å². The van der Waals surface area contributed by atoms with Gasteiger partial charge in [0.05, 0.1) is 0 Å². The fourth-order valence-corrected chi connectivity index (χ4v) is 1.70. The predicted octanol–water partition coefficient (Wildman–Crippen LogP) is 4.47. The molecule has 2 aromatic rings. The molecule has 4 nitrogen and oxygen atoms in total. The van der Waals surface area contributed by atoms with E-state index in [1.54, 1.807) is 36.4 Å². The summed E-state index contributed by atoms with van der Waals surface area (Å²) in [6.07, 6.45) is -0.523. The predicted molar refractivity (Wildman–Crippen MR) is 82.9 cm³/mol. The van der Waals surface area contributed by atoms with Gasteiger partial charge >= 0.3 is 6.09 Å². The highest BCUT2D eigenvalue weighted by molar-refractivity contribution is 5.86. The SMILES string of the molecule is CC(C)(C)Oc1ccc(NC(=O)Oc2ccccc2)cc1. The fraction of sp³-hybridized carbons (Fsp3) is 0.235. The third-order valence-corrected chi connectivity index (χ3v) is 2.48. The van der Waals surface area contributed by atoms with E-state index in [9.17, 15) is 4.79 Å². The number of rotatable bonds is 3. The molecule has 0 atom stereocenters. The molecule has 2 rings (SSSR count). The maximum absolute atomic E-state index is 11.7. The molecule has 0 radical (unpaired) electrons. The molecule has 0 saturated carbocycles. The van der Waals surface area contributed by atoms with Crippen LogP contribution in [0.5, 0.6) is 11.5 Å². The molecule has 1 amide bonds. The monoisotopic (exact) mass is 285 g/mol. The fourth-order valence-electron chi connectivity index (χ4n) is 1.70. The average Bonchev–Trinajstić information content (AvgIpc) is 2.40. The van der Waals surface area contributed by atoms with Gasteiger partial charge in [-0.05, 0) is 57.2 Å². The number of amides is 1. The number of carbonyl (C=O) groups excluding carboxylic acids is 1. The first-order valence-corrected chi connectivity index (χ1v) is 6.75. The van der Waals surface area contributed by atoms with Crippen LogP contribution in [0.15, 0.2) is 54.6 Å². The molecule has 110 valence electrons. The van der Waals surface area contributed by atoms with Gasteiger partial charge in [0.15, 0.2) is 0 Å². The normalized spacial score (nSPS) is 10.8. The highest BCUT2D eigenvalue weighted by atomic mass is 16.6. The van der Waals surface area contributed by atoms with E-state index in [1.807, 2.05) is 39.0 Å². The van der Waals surface area contributed by atoms with Gasteiger partial charge in [-0.15, -0.1) is 0 Å². The van der Waals surface area contributed by atoms with Crippen LogP contribution in [-0.4, -0.2) is 11.7 Å². The number of nitrogens with one attached hydrogen (secondary N) is 1. The molecule has 0 bridgehead atoms. The number of hydrogen-bond donors (Lipinski definition) is 1. The van der Waals surface area contributed by atoms with Crippen LogP contribution in [-0.2, 0) is 0 Å². The molecule has 0 aliphatic heterocycles. The number of carbonyl (C=O) groups is 1. The van der Waals surface area contributed by atoms with Crippen LogP contribution in [0.1, 0.15) is 20.8 Å². The highest BCUT2D eigenvalue weighted by Gasteiger charge is 2.11. The topological polar surface area (TPSA) is 47.6 Å². The van der Waals surface area contributed by atoms with Crippen molar-refractivity contribution in [2.45, 2.75) is 26.4 Å². The molecule has 4 heteroatoms. The Balaban J connectivity index is 1.92. The van der Waals surface area contributed by atoms with E-state index in [0.29, 0.717) is 11.4 Å². The zero-order chi connectivity index (χ0) is 15.3. The quantitative estimate of drug-likeness (QED) is 0.904. The summed E-state index contributed by atoms with van der Waals surface area (Å²) in [5, 5.41) is 2.66. The largest absolute Gasteiger partial charge is 0.488 e. The van der Waals surface area contributed by atoms with Crippen molar-refractivity contribution < 1.29 is 14.3 Å². The summed E-state index contributed by atoms with van der Waals surface area (Å²) >= 11 is 0. The lowest BCUT2D eigenvalue weighted by Crippen LogP contribution is -2.23. The van der Waals surface area contributed by atoms with Crippen LogP contribution in [0.3, 0.4) is 0 Å². The standard InChI is InChI=1S/C17H19NO3/c1-17(2,3)21-15-11-9-13(10-12-15)18-16(19)20-14-7-5-4-6-8-14/h4-12H,1-3H3,(H,18,19). The third-order valence-electron chi connectivity index (χ3n) is 2.48. The Kier molecular flexibility index (Phi) is 4.48. The summed E-state index contributed by atoms with van der Waals surface area (Å²) in [6.45, 7) is 5.95. The minimum Gasteiger partial charge on any atom is -0.488 e. The van der Waals surface area contributed by atoms with E-state index in [1.165, 1.54) is 0 Å². The molecular weight excluding hydrogens is 266 g/mol. The molecule has 0 heterocycles. The van der Waals surface area contributed by atoms with E-state index >= 15 is 0 Å². The maximum atomic E-state index is 11.7. The summed E-state index contributed by atoms with van der Waals surface area (Å²) in [6, 6.07) is 16.1. The van der Waals surface area contributed by atoms with Crippen molar-refractivity contribution in [3.63, 3.8) is 0 Å². The molecule has 0 aromatic heterocycles. The zero-order valence-electron chi connectivity index (χ0n) is 12.4. The lowest BCUT2D eigenvalue weighted by molar-refractivity contribution is 0.131. The van der Waals surface area contributed by atoms with Crippen molar-refractivity contribution in [2.75, 3.05) is 5.32 Å². The molecule has 1 N–H and O–H groups in total. The van der Waals surface area contributed by atoms with Gasteiger partial charge in [0, 0.05) is 5.69 Å². The Morgan fingerprint density at radius 1 is 0.905 bits per heavy atom. The smallest absolute Gasteiger partial charge is 0.417 e. The number of para-hydroxylation sites is 1. The Morgan fingerprint density at radius 2 is 1.52 bits per heavy atom. The van der Waals surface area contributed by atoms with Crippen LogP contribution in [0, 0.1) is 0 Å². The molecule has 0 aliphatic carbocycles. The van der Waals surface area contributed by atoms with Gasteiger partial charge in [0.2, 0.25) is 0 Å². The van der Waals surface area contributed by atoms with E-state index in [4.69, 9.17) is 9.47 Å². The first kappa shape index (κ1) is 14.9. The van der Waals surface area contributed by atoms with Crippen LogP contribution >= 0.6 is 0 Å². The number of anilines is 1. The maximum Gasteiger partial charge on any atom is 0.417 e. The molecule has 21 heavy (non-hydrogen) atoms. The Hall–Kier alpha value is -2.49. The van der Waals surface area contributed by atoms with Crippen molar-refractivity contribution in [2.24, 2.45) is 0 Å². The summed E-state index contributed by atoms with van der Waals surface area (Å²) in [4.78, 5) is 11.7. The summed E-state index contributed by atoms with van der Waals surface area (Å²) in [7, 11) is 0. The first-order valence-electron chi connectivity index (χ1n) is 6.75.